The first-order valence-corrected chi connectivity index (χ1v) is 5.34. The van der Waals surface area contributed by atoms with Gasteiger partial charge in [0.15, 0.2) is 0 Å². The molecule has 1 heterocycles. The van der Waals surface area contributed by atoms with Gasteiger partial charge in [0.2, 0.25) is 0 Å². The van der Waals surface area contributed by atoms with E-state index in [0.29, 0.717) is 12.6 Å². The van der Waals surface area contributed by atoms with E-state index in [1.54, 1.807) is 0 Å². The first-order valence-electron chi connectivity index (χ1n) is 5.34. The summed E-state index contributed by atoms with van der Waals surface area (Å²) in [7, 11) is 0. The molecule has 3 heteroatoms. The second-order valence-electron chi connectivity index (χ2n) is 3.55. The van der Waals surface area contributed by atoms with Crippen molar-refractivity contribution in [3.63, 3.8) is 0 Å². The van der Waals surface area contributed by atoms with Crippen molar-refractivity contribution in [2.75, 3.05) is 39.4 Å². The van der Waals surface area contributed by atoms with Gasteiger partial charge < -0.3 is 10.1 Å². The standard InChI is InChI=1S/C11H20N2O/c1-3-5-12-6-7-13-8-9-14-10-11(13)4-2/h1,11-12H,4-10H2,2H3. The molecule has 0 amide bonds. The minimum Gasteiger partial charge on any atom is -0.378 e. The van der Waals surface area contributed by atoms with Crippen LogP contribution in [0.25, 0.3) is 0 Å². The van der Waals surface area contributed by atoms with Crippen LogP contribution < -0.4 is 5.32 Å². The maximum absolute atomic E-state index is 5.44. The van der Waals surface area contributed by atoms with Gasteiger partial charge in [-0.3, -0.25) is 4.90 Å². The van der Waals surface area contributed by atoms with E-state index in [9.17, 15) is 0 Å². The molecule has 1 atom stereocenters. The highest BCUT2D eigenvalue weighted by Gasteiger charge is 2.20. The third-order valence-electron chi connectivity index (χ3n) is 2.62. The first kappa shape index (κ1) is 11.5. The second-order valence-corrected chi connectivity index (χ2v) is 3.55. The summed E-state index contributed by atoms with van der Waals surface area (Å²) in [5, 5.41) is 3.21. The predicted molar refractivity (Wildman–Crippen MR) is 58.2 cm³/mol. The van der Waals surface area contributed by atoms with Crippen molar-refractivity contribution >= 4 is 0 Å². The average Bonchev–Trinajstić information content (AvgIpc) is 2.25. The summed E-state index contributed by atoms with van der Waals surface area (Å²) in [6.07, 6.45) is 6.32. The Morgan fingerprint density at radius 1 is 1.64 bits per heavy atom. The van der Waals surface area contributed by atoms with E-state index < -0.39 is 0 Å². The van der Waals surface area contributed by atoms with E-state index in [-0.39, 0.29) is 0 Å². The lowest BCUT2D eigenvalue weighted by Gasteiger charge is -2.34. The summed E-state index contributed by atoms with van der Waals surface area (Å²) in [6.45, 7) is 7.72. The maximum Gasteiger partial charge on any atom is 0.0622 e. The van der Waals surface area contributed by atoms with Crippen LogP contribution in [0.2, 0.25) is 0 Å². The molecule has 1 fully saturated rings. The molecule has 1 unspecified atom stereocenters. The van der Waals surface area contributed by atoms with Crippen molar-refractivity contribution in [1.82, 2.24) is 10.2 Å². The molecule has 0 saturated carbocycles. The molecule has 14 heavy (non-hydrogen) atoms. The predicted octanol–water partition coefficient (Wildman–Crippen LogP) is 0.320. The number of ether oxygens (including phenoxy) is 1. The van der Waals surface area contributed by atoms with Crippen molar-refractivity contribution < 1.29 is 4.74 Å². The molecule has 0 aromatic heterocycles. The van der Waals surface area contributed by atoms with Gasteiger partial charge in [-0.1, -0.05) is 12.8 Å². The van der Waals surface area contributed by atoms with Gasteiger partial charge >= 0.3 is 0 Å². The zero-order valence-corrected chi connectivity index (χ0v) is 8.96. The number of morpholine rings is 1. The van der Waals surface area contributed by atoms with Crippen LogP contribution in [0.3, 0.4) is 0 Å². The summed E-state index contributed by atoms with van der Waals surface area (Å²) < 4.78 is 5.44. The van der Waals surface area contributed by atoms with Gasteiger partial charge in [-0.15, -0.1) is 6.42 Å². The number of hydrogen-bond acceptors (Lipinski definition) is 3. The van der Waals surface area contributed by atoms with E-state index in [0.717, 1.165) is 39.3 Å². The molecule has 0 aromatic rings. The Bertz CT molecular complexity index is 188. The van der Waals surface area contributed by atoms with Gasteiger partial charge in [0, 0.05) is 25.7 Å². The SMILES string of the molecule is C#CCNCCN1CCOCC1CC. The lowest BCUT2D eigenvalue weighted by molar-refractivity contribution is -0.00772. The van der Waals surface area contributed by atoms with Gasteiger partial charge in [0.05, 0.1) is 19.8 Å². The molecule has 0 aliphatic carbocycles. The fourth-order valence-electron chi connectivity index (χ4n) is 1.74. The molecule has 1 saturated heterocycles. The van der Waals surface area contributed by atoms with E-state index in [1.807, 2.05) is 0 Å². The normalized spacial score (nSPS) is 23.3. The van der Waals surface area contributed by atoms with Gasteiger partial charge in [0.25, 0.3) is 0 Å². The summed E-state index contributed by atoms with van der Waals surface area (Å²) in [4.78, 5) is 2.48. The molecular formula is C11H20N2O. The van der Waals surface area contributed by atoms with Crippen LogP contribution in [0.5, 0.6) is 0 Å². The largest absolute Gasteiger partial charge is 0.378 e. The van der Waals surface area contributed by atoms with Crippen molar-refractivity contribution in [1.29, 1.82) is 0 Å². The number of hydrogen-bond donors (Lipinski definition) is 1. The molecule has 1 aliphatic rings. The lowest BCUT2D eigenvalue weighted by Crippen LogP contribution is -2.47. The third-order valence-corrected chi connectivity index (χ3v) is 2.62. The molecule has 1 aliphatic heterocycles. The van der Waals surface area contributed by atoms with Crippen LogP contribution in [0.4, 0.5) is 0 Å². The number of nitrogens with one attached hydrogen (secondary N) is 1. The van der Waals surface area contributed by atoms with Crippen molar-refractivity contribution in [3.8, 4) is 12.3 Å². The van der Waals surface area contributed by atoms with Crippen LogP contribution in [0.15, 0.2) is 0 Å². The van der Waals surface area contributed by atoms with Crippen molar-refractivity contribution in [3.05, 3.63) is 0 Å². The van der Waals surface area contributed by atoms with E-state index in [1.165, 1.54) is 0 Å². The van der Waals surface area contributed by atoms with E-state index in [4.69, 9.17) is 11.2 Å². The molecule has 1 rings (SSSR count). The molecule has 0 aromatic carbocycles. The Morgan fingerprint density at radius 2 is 2.50 bits per heavy atom. The highest BCUT2D eigenvalue weighted by Crippen LogP contribution is 2.08. The van der Waals surface area contributed by atoms with Gasteiger partial charge in [-0.2, -0.15) is 0 Å². The Kier molecular flexibility index (Phi) is 5.62. The van der Waals surface area contributed by atoms with Gasteiger partial charge in [-0.25, -0.2) is 0 Å². The van der Waals surface area contributed by atoms with Crippen LogP contribution in [-0.4, -0.2) is 50.3 Å². The van der Waals surface area contributed by atoms with Crippen LogP contribution >= 0.6 is 0 Å². The minimum atomic E-state index is 0.594. The fraction of sp³-hybridized carbons (Fsp3) is 0.818. The molecule has 0 spiro atoms. The van der Waals surface area contributed by atoms with Crippen LogP contribution in [-0.2, 0) is 4.74 Å². The Balaban J connectivity index is 2.17. The van der Waals surface area contributed by atoms with Crippen LogP contribution in [0, 0.1) is 12.3 Å². The van der Waals surface area contributed by atoms with Crippen molar-refractivity contribution in [2.45, 2.75) is 19.4 Å². The smallest absolute Gasteiger partial charge is 0.0622 e. The Labute approximate surface area is 86.8 Å². The molecule has 3 nitrogen and oxygen atoms in total. The molecule has 0 bridgehead atoms. The van der Waals surface area contributed by atoms with Crippen molar-refractivity contribution in [2.24, 2.45) is 0 Å². The molecular weight excluding hydrogens is 176 g/mol. The fourth-order valence-corrected chi connectivity index (χ4v) is 1.74. The van der Waals surface area contributed by atoms with E-state index in [2.05, 4.69) is 23.1 Å². The number of terminal acetylenes is 1. The van der Waals surface area contributed by atoms with Gasteiger partial charge in [0.1, 0.15) is 0 Å². The average molecular weight is 196 g/mol. The maximum atomic E-state index is 5.44. The van der Waals surface area contributed by atoms with Crippen LogP contribution in [0.1, 0.15) is 13.3 Å². The van der Waals surface area contributed by atoms with Gasteiger partial charge in [-0.05, 0) is 6.42 Å². The monoisotopic (exact) mass is 196 g/mol. The third kappa shape index (κ3) is 3.67. The highest BCUT2D eigenvalue weighted by atomic mass is 16.5. The summed E-state index contributed by atoms with van der Waals surface area (Å²) in [6, 6.07) is 0.594. The molecule has 1 N–H and O–H groups in total. The van der Waals surface area contributed by atoms with E-state index >= 15 is 0 Å². The zero-order chi connectivity index (χ0) is 10.2. The molecule has 0 radical (unpaired) electrons. The zero-order valence-electron chi connectivity index (χ0n) is 8.96. The quantitative estimate of drug-likeness (QED) is 0.506. The summed E-state index contributed by atoms with van der Waals surface area (Å²) >= 11 is 0. The lowest BCUT2D eigenvalue weighted by atomic mass is 10.2. The topological polar surface area (TPSA) is 24.5 Å². The summed E-state index contributed by atoms with van der Waals surface area (Å²) in [5.74, 6) is 2.58. The highest BCUT2D eigenvalue weighted by molar-refractivity contribution is 4.86. The number of nitrogens with zero attached hydrogens (tertiary/aromatic N) is 1. The molecule has 80 valence electrons. The first-order chi connectivity index (χ1) is 6.88. The Hall–Kier alpha value is -0.560. The number of rotatable bonds is 5. The Morgan fingerprint density at radius 3 is 3.21 bits per heavy atom. The second kappa shape index (κ2) is 6.83. The summed E-state index contributed by atoms with van der Waals surface area (Å²) in [5.41, 5.74) is 0. The minimum absolute atomic E-state index is 0.594.